The fourth-order valence-electron chi connectivity index (χ4n) is 3.18. The molecule has 0 aliphatic carbocycles. The van der Waals surface area contributed by atoms with Crippen molar-refractivity contribution in [2.75, 3.05) is 20.2 Å². The summed E-state index contributed by atoms with van der Waals surface area (Å²) in [6.07, 6.45) is 3.77. The molecule has 2 nitrogen and oxygen atoms in total. The number of likely N-dealkylation sites (tertiary alicyclic amines) is 1. The first-order valence-corrected chi connectivity index (χ1v) is 6.94. The Kier molecular flexibility index (Phi) is 4.31. The standard InChI is InChI=1S/C15H31NO/c1-13(2,3)15(9-8-11-16(15)7)10-12-17-14(4,5)6/h8-12H2,1-7H3. The molecule has 1 rings (SSSR count). The van der Waals surface area contributed by atoms with E-state index in [0.29, 0.717) is 11.0 Å². The van der Waals surface area contributed by atoms with Crippen LogP contribution in [-0.2, 0) is 4.74 Å². The zero-order chi connectivity index (χ0) is 13.3. The van der Waals surface area contributed by atoms with Gasteiger partial charge in [0.15, 0.2) is 0 Å². The van der Waals surface area contributed by atoms with Crippen molar-refractivity contribution in [1.29, 1.82) is 0 Å². The maximum Gasteiger partial charge on any atom is 0.0598 e. The summed E-state index contributed by atoms with van der Waals surface area (Å²) < 4.78 is 5.93. The van der Waals surface area contributed by atoms with Crippen LogP contribution in [0.1, 0.15) is 60.8 Å². The molecule has 1 fully saturated rings. The maximum atomic E-state index is 5.93. The Morgan fingerprint density at radius 1 is 1.12 bits per heavy atom. The topological polar surface area (TPSA) is 12.5 Å². The first kappa shape index (κ1) is 15.0. The largest absolute Gasteiger partial charge is 0.376 e. The molecule has 0 N–H and O–H groups in total. The van der Waals surface area contributed by atoms with Crippen molar-refractivity contribution in [2.45, 2.75) is 71.9 Å². The Hall–Kier alpha value is -0.0800. The summed E-state index contributed by atoms with van der Waals surface area (Å²) in [4.78, 5) is 2.55. The fraction of sp³-hybridized carbons (Fsp3) is 1.00. The molecule has 1 aliphatic rings. The van der Waals surface area contributed by atoms with Gasteiger partial charge in [-0.05, 0) is 59.0 Å². The van der Waals surface area contributed by atoms with Crippen molar-refractivity contribution in [2.24, 2.45) is 5.41 Å². The zero-order valence-electron chi connectivity index (χ0n) is 12.9. The number of hydrogen-bond acceptors (Lipinski definition) is 2. The molecule has 0 aromatic heterocycles. The van der Waals surface area contributed by atoms with Crippen molar-refractivity contribution >= 4 is 0 Å². The molecule has 0 aromatic carbocycles. The van der Waals surface area contributed by atoms with Crippen LogP contribution in [0.4, 0.5) is 0 Å². The second-order valence-electron chi connectivity index (χ2n) is 7.52. The van der Waals surface area contributed by atoms with E-state index in [4.69, 9.17) is 4.74 Å². The summed E-state index contributed by atoms with van der Waals surface area (Å²) in [6.45, 7) is 15.6. The van der Waals surface area contributed by atoms with Gasteiger partial charge in [-0.25, -0.2) is 0 Å². The molecule has 0 spiro atoms. The Morgan fingerprint density at radius 2 is 1.71 bits per heavy atom. The Morgan fingerprint density at radius 3 is 2.06 bits per heavy atom. The number of nitrogens with zero attached hydrogens (tertiary/aromatic N) is 1. The minimum absolute atomic E-state index is 0.0176. The van der Waals surface area contributed by atoms with Crippen LogP contribution < -0.4 is 0 Å². The normalized spacial score (nSPS) is 27.7. The molecular weight excluding hydrogens is 210 g/mol. The fourth-order valence-corrected chi connectivity index (χ4v) is 3.18. The number of rotatable bonds is 3. The van der Waals surface area contributed by atoms with Crippen LogP contribution in [0, 0.1) is 5.41 Å². The number of hydrogen-bond donors (Lipinski definition) is 0. The van der Waals surface area contributed by atoms with Gasteiger partial charge in [0.25, 0.3) is 0 Å². The molecule has 0 radical (unpaired) electrons. The molecule has 1 aliphatic heterocycles. The lowest BCUT2D eigenvalue weighted by Crippen LogP contribution is -2.52. The van der Waals surface area contributed by atoms with Gasteiger partial charge in [-0.15, -0.1) is 0 Å². The average Bonchev–Trinajstić information content (AvgIpc) is 2.45. The van der Waals surface area contributed by atoms with Crippen LogP contribution in [0.25, 0.3) is 0 Å². The third-order valence-electron chi connectivity index (χ3n) is 4.26. The SMILES string of the molecule is CN1CCCC1(CCOC(C)(C)C)C(C)(C)C. The Bertz CT molecular complexity index is 249. The van der Waals surface area contributed by atoms with E-state index in [1.54, 1.807) is 0 Å². The van der Waals surface area contributed by atoms with Gasteiger partial charge in [-0.1, -0.05) is 20.8 Å². The molecule has 2 heteroatoms. The van der Waals surface area contributed by atoms with Crippen LogP contribution >= 0.6 is 0 Å². The lowest BCUT2D eigenvalue weighted by Gasteiger charge is -2.47. The quantitative estimate of drug-likeness (QED) is 0.747. The Labute approximate surface area is 108 Å². The van der Waals surface area contributed by atoms with E-state index in [1.807, 2.05) is 0 Å². The highest BCUT2D eigenvalue weighted by Gasteiger charge is 2.47. The smallest absolute Gasteiger partial charge is 0.0598 e. The summed E-state index contributed by atoms with van der Waals surface area (Å²) in [5, 5.41) is 0. The molecule has 1 heterocycles. The van der Waals surface area contributed by atoms with Gasteiger partial charge >= 0.3 is 0 Å². The van der Waals surface area contributed by atoms with Crippen LogP contribution in [0.3, 0.4) is 0 Å². The molecular formula is C15H31NO. The van der Waals surface area contributed by atoms with E-state index in [9.17, 15) is 0 Å². The molecule has 102 valence electrons. The molecule has 1 atom stereocenters. The first-order chi connectivity index (χ1) is 7.58. The van der Waals surface area contributed by atoms with Gasteiger partial charge in [0.05, 0.1) is 5.60 Å². The monoisotopic (exact) mass is 241 g/mol. The van der Waals surface area contributed by atoms with E-state index in [-0.39, 0.29) is 5.60 Å². The van der Waals surface area contributed by atoms with Gasteiger partial charge in [-0.3, -0.25) is 0 Å². The van der Waals surface area contributed by atoms with Crippen LogP contribution in [-0.4, -0.2) is 36.2 Å². The molecule has 0 aromatic rings. The van der Waals surface area contributed by atoms with Crippen LogP contribution in [0.15, 0.2) is 0 Å². The summed E-state index contributed by atoms with van der Waals surface area (Å²) >= 11 is 0. The lowest BCUT2D eigenvalue weighted by atomic mass is 9.70. The molecule has 17 heavy (non-hydrogen) atoms. The van der Waals surface area contributed by atoms with Gasteiger partial charge in [0.1, 0.15) is 0 Å². The van der Waals surface area contributed by atoms with Crippen molar-refractivity contribution in [3.05, 3.63) is 0 Å². The predicted octanol–water partition coefficient (Wildman–Crippen LogP) is 3.70. The third-order valence-corrected chi connectivity index (χ3v) is 4.26. The van der Waals surface area contributed by atoms with E-state index < -0.39 is 0 Å². The van der Waals surface area contributed by atoms with Gasteiger partial charge < -0.3 is 9.64 Å². The minimum atomic E-state index is -0.0176. The molecule has 1 saturated heterocycles. The van der Waals surface area contributed by atoms with Crippen molar-refractivity contribution < 1.29 is 4.74 Å². The van der Waals surface area contributed by atoms with Gasteiger partial charge in [0.2, 0.25) is 0 Å². The third kappa shape index (κ3) is 3.45. The summed E-state index contributed by atoms with van der Waals surface area (Å²) in [7, 11) is 2.27. The van der Waals surface area contributed by atoms with E-state index >= 15 is 0 Å². The second kappa shape index (κ2) is 4.89. The van der Waals surface area contributed by atoms with Crippen LogP contribution in [0.5, 0.6) is 0 Å². The van der Waals surface area contributed by atoms with Crippen LogP contribution in [0.2, 0.25) is 0 Å². The van der Waals surface area contributed by atoms with Crippen molar-refractivity contribution in [3.8, 4) is 0 Å². The first-order valence-electron chi connectivity index (χ1n) is 6.94. The minimum Gasteiger partial charge on any atom is -0.376 e. The molecule has 0 amide bonds. The molecule has 0 bridgehead atoms. The average molecular weight is 241 g/mol. The lowest BCUT2D eigenvalue weighted by molar-refractivity contribution is -0.0439. The van der Waals surface area contributed by atoms with E-state index in [0.717, 1.165) is 13.0 Å². The highest BCUT2D eigenvalue weighted by atomic mass is 16.5. The summed E-state index contributed by atoms with van der Waals surface area (Å²) in [5.74, 6) is 0. The Balaban J connectivity index is 2.67. The predicted molar refractivity (Wildman–Crippen MR) is 74.4 cm³/mol. The summed E-state index contributed by atoms with van der Waals surface area (Å²) in [5.41, 5.74) is 0.619. The van der Waals surface area contributed by atoms with E-state index in [1.165, 1.54) is 19.4 Å². The van der Waals surface area contributed by atoms with Crippen molar-refractivity contribution in [3.63, 3.8) is 0 Å². The van der Waals surface area contributed by atoms with Gasteiger partial charge in [0, 0.05) is 12.1 Å². The molecule has 1 unspecified atom stereocenters. The van der Waals surface area contributed by atoms with Gasteiger partial charge in [-0.2, -0.15) is 0 Å². The maximum absolute atomic E-state index is 5.93. The molecule has 0 saturated carbocycles. The zero-order valence-corrected chi connectivity index (χ0v) is 12.9. The second-order valence-corrected chi connectivity index (χ2v) is 7.52. The number of ether oxygens (including phenoxy) is 1. The highest BCUT2D eigenvalue weighted by molar-refractivity contribution is 5.02. The van der Waals surface area contributed by atoms with Crippen molar-refractivity contribution in [1.82, 2.24) is 4.90 Å². The summed E-state index contributed by atoms with van der Waals surface area (Å²) in [6, 6.07) is 0. The highest BCUT2D eigenvalue weighted by Crippen LogP contribution is 2.45. The van der Waals surface area contributed by atoms with E-state index in [2.05, 4.69) is 53.5 Å².